The topological polar surface area (TPSA) is 55.4 Å². The highest BCUT2D eigenvalue weighted by atomic mass is 32.2. The summed E-state index contributed by atoms with van der Waals surface area (Å²) in [5.74, 6) is 0.612. The van der Waals surface area contributed by atoms with Gasteiger partial charge in [0.25, 0.3) is 0 Å². The van der Waals surface area contributed by atoms with E-state index >= 15 is 0 Å². The van der Waals surface area contributed by atoms with E-state index in [9.17, 15) is 9.59 Å². The highest BCUT2D eigenvalue weighted by Crippen LogP contribution is 2.29. The second-order valence-corrected chi connectivity index (χ2v) is 4.63. The molecule has 5 heteroatoms. The van der Waals surface area contributed by atoms with Crippen molar-refractivity contribution in [1.29, 1.82) is 0 Å². The van der Waals surface area contributed by atoms with Crippen molar-refractivity contribution in [2.45, 2.75) is 25.3 Å². The number of amides is 1. The van der Waals surface area contributed by atoms with Crippen molar-refractivity contribution in [3.05, 3.63) is 0 Å². The minimum absolute atomic E-state index is 0.00787. The zero-order chi connectivity index (χ0) is 11.3. The molecule has 0 spiro atoms. The van der Waals surface area contributed by atoms with Gasteiger partial charge in [-0.3, -0.25) is 4.79 Å². The molecule has 1 N–H and O–H groups in total. The minimum atomic E-state index is -0.476. The Labute approximate surface area is 94.1 Å². The summed E-state index contributed by atoms with van der Waals surface area (Å²) < 4.78 is 4.65. The highest BCUT2D eigenvalue weighted by Gasteiger charge is 2.32. The quantitative estimate of drug-likeness (QED) is 0.687. The van der Waals surface area contributed by atoms with E-state index in [-0.39, 0.29) is 17.8 Å². The largest absolute Gasteiger partial charge is 0.467 e. The van der Waals surface area contributed by atoms with Gasteiger partial charge in [0, 0.05) is 5.92 Å². The molecular formula is C10H17NO3S. The molecule has 1 aliphatic rings. The van der Waals surface area contributed by atoms with Crippen LogP contribution >= 0.6 is 11.8 Å². The van der Waals surface area contributed by atoms with E-state index < -0.39 is 6.04 Å². The Morgan fingerprint density at radius 3 is 2.67 bits per heavy atom. The standard InChI is InChI=1S/C10H17NO3S/c1-14-10(13)8(5-6-15-2)11-9(12)7-3-4-7/h7-8H,3-6H2,1-2H3,(H,11,12). The Balaban J connectivity index is 2.39. The van der Waals surface area contributed by atoms with Crippen LogP contribution in [-0.2, 0) is 14.3 Å². The van der Waals surface area contributed by atoms with E-state index in [1.165, 1.54) is 7.11 Å². The molecular weight excluding hydrogens is 214 g/mol. The molecule has 0 aromatic rings. The first-order valence-corrected chi connectivity index (χ1v) is 6.45. The fourth-order valence-electron chi connectivity index (χ4n) is 1.26. The van der Waals surface area contributed by atoms with Crippen LogP contribution in [0, 0.1) is 5.92 Å². The van der Waals surface area contributed by atoms with Gasteiger partial charge in [-0.25, -0.2) is 4.79 Å². The molecule has 0 aromatic heterocycles. The van der Waals surface area contributed by atoms with Gasteiger partial charge in [0.05, 0.1) is 7.11 Å². The lowest BCUT2D eigenvalue weighted by Gasteiger charge is -2.15. The first kappa shape index (κ1) is 12.4. The molecule has 1 rings (SSSR count). The van der Waals surface area contributed by atoms with Crippen LogP contribution in [0.3, 0.4) is 0 Å². The molecule has 1 amide bonds. The molecule has 0 heterocycles. The Hall–Kier alpha value is -0.710. The molecule has 1 atom stereocenters. The fraction of sp³-hybridized carbons (Fsp3) is 0.800. The number of nitrogens with one attached hydrogen (secondary N) is 1. The van der Waals surface area contributed by atoms with Crippen LogP contribution in [0.4, 0.5) is 0 Å². The van der Waals surface area contributed by atoms with Gasteiger partial charge in [-0.05, 0) is 31.3 Å². The van der Waals surface area contributed by atoms with Crippen LogP contribution in [0.15, 0.2) is 0 Å². The Morgan fingerprint density at radius 2 is 2.20 bits per heavy atom. The molecule has 1 saturated carbocycles. The van der Waals surface area contributed by atoms with E-state index in [2.05, 4.69) is 10.1 Å². The summed E-state index contributed by atoms with van der Waals surface area (Å²) in [6.45, 7) is 0. The number of rotatable bonds is 6. The normalized spacial score (nSPS) is 16.9. The average Bonchev–Trinajstić information content (AvgIpc) is 3.06. The molecule has 0 aromatic carbocycles. The number of ether oxygens (including phenoxy) is 1. The van der Waals surface area contributed by atoms with E-state index in [1.54, 1.807) is 11.8 Å². The van der Waals surface area contributed by atoms with Gasteiger partial charge in [0.15, 0.2) is 0 Å². The van der Waals surface area contributed by atoms with Crippen LogP contribution in [0.5, 0.6) is 0 Å². The summed E-state index contributed by atoms with van der Waals surface area (Å²) >= 11 is 1.65. The lowest BCUT2D eigenvalue weighted by molar-refractivity contribution is -0.145. The highest BCUT2D eigenvalue weighted by molar-refractivity contribution is 7.98. The number of carbonyl (C=O) groups excluding carboxylic acids is 2. The maximum absolute atomic E-state index is 11.5. The van der Waals surface area contributed by atoms with E-state index in [4.69, 9.17) is 0 Å². The molecule has 15 heavy (non-hydrogen) atoms. The van der Waals surface area contributed by atoms with Crippen molar-refractivity contribution in [3.8, 4) is 0 Å². The van der Waals surface area contributed by atoms with Crippen molar-refractivity contribution in [2.75, 3.05) is 19.1 Å². The van der Waals surface area contributed by atoms with E-state index in [0.717, 1.165) is 18.6 Å². The number of hydrogen-bond donors (Lipinski definition) is 1. The number of hydrogen-bond acceptors (Lipinski definition) is 4. The van der Waals surface area contributed by atoms with Gasteiger partial charge in [-0.2, -0.15) is 11.8 Å². The van der Waals surface area contributed by atoms with E-state index in [0.29, 0.717) is 6.42 Å². The fourth-order valence-corrected chi connectivity index (χ4v) is 1.73. The third-order valence-electron chi connectivity index (χ3n) is 2.36. The predicted molar refractivity (Wildman–Crippen MR) is 59.7 cm³/mol. The number of methoxy groups -OCH3 is 1. The molecule has 4 nitrogen and oxygen atoms in total. The lowest BCUT2D eigenvalue weighted by Crippen LogP contribution is -2.42. The molecule has 86 valence electrons. The molecule has 1 unspecified atom stereocenters. The van der Waals surface area contributed by atoms with Gasteiger partial charge in [0.2, 0.25) is 5.91 Å². The second kappa shape index (κ2) is 6.00. The number of carbonyl (C=O) groups is 2. The van der Waals surface area contributed by atoms with Crippen LogP contribution in [0.25, 0.3) is 0 Å². The van der Waals surface area contributed by atoms with Gasteiger partial charge in [-0.15, -0.1) is 0 Å². The van der Waals surface area contributed by atoms with Crippen LogP contribution in [0.1, 0.15) is 19.3 Å². The predicted octanol–water partition coefficient (Wildman–Crippen LogP) is 0.807. The molecule has 0 radical (unpaired) electrons. The van der Waals surface area contributed by atoms with Crippen molar-refractivity contribution in [2.24, 2.45) is 5.92 Å². The summed E-state index contributed by atoms with van der Waals surface area (Å²) in [6, 6.07) is -0.476. The Morgan fingerprint density at radius 1 is 1.53 bits per heavy atom. The summed E-state index contributed by atoms with van der Waals surface area (Å²) in [4.78, 5) is 22.8. The average molecular weight is 231 g/mol. The third kappa shape index (κ3) is 4.11. The van der Waals surface area contributed by atoms with Crippen molar-refractivity contribution in [3.63, 3.8) is 0 Å². The monoisotopic (exact) mass is 231 g/mol. The van der Waals surface area contributed by atoms with Crippen molar-refractivity contribution >= 4 is 23.6 Å². The summed E-state index contributed by atoms with van der Waals surface area (Å²) in [5, 5.41) is 2.74. The second-order valence-electron chi connectivity index (χ2n) is 3.64. The first-order chi connectivity index (χ1) is 7.19. The minimum Gasteiger partial charge on any atom is -0.467 e. The molecule has 0 saturated heterocycles. The molecule has 0 aliphatic heterocycles. The van der Waals surface area contributed by atoms with Crippen molar-refractivity contribution in [1.82, 2.24) is 5.32 Å². The van der Waals surface area contributed by atoms with Gasteiger partial charge < -0.3 is 10.1 Å². The maximum Gasteiger partial charge on any atom is 0.328 e. The van der Waals surface area contributed by atoms with Crippen LogP contribution in [-0.4, -0.2) is 37.0 Å². The van der Waals surface area contributed by atoms with Crippen molar-refractivity contribution < 1.29 is 14.3 Å². The zero-order valence-corrected chi connectivity index (χ0v) is 9.93. The third-order valence-corrected chi connectivity index (χ3v) is 3.00. The molecule has 1 fully saturated rings. The summed E-state index contributed by atoms with van der Waals surface area (Å²) in [5.41, 5.74) is 0. The maximum atomic E-state index is 11.5. The summed E-state index contributed by atoms with van der Waals surface area (Å²) in [6.07, 6.45) is 4.49. The van der Waals surface area contributed by atoms with E-state index in [1.807, 2.05) is 6.26 Å². The zero-order valence-electron chi connectivity index (χ0n) is 9.12. The molecule has 1 aliphatic carbocycles. The van der Waals surface area contributed by atoms with Gasteiger partial charge in [-0.1, -0.05) is 0 Å². The summed E-state index contributed by atoms with van der Waals surface area (Å²) in [7, 11) is 1.34. The van der Waals surface area contributed by atoms with Gasteiger partial charge in [0.1, 0.15) is 6.04 Å². The lowest BCUT2D eigenvalue weighted by atomic mass is 10.2. The Kier molecular flexibility index (Phi) is 4.94. The number of thioether (sulfide) groups is 1. The molecule has 0 bridgehead atoms. The smallest absolute Gasteiger partial charge is 0.328 e. The van der Waals surface area contributed by atoms with Crippen LogP contribution < -0.4 is 5.32 Å². The SMILES string of the molecule is COC(=O)C(CCSC)NC(=O)C1CC1. The van der Waals surface area contributed by atoms with Gasteiger partial charge >= 0.3 is 5.97 Å². The Bertz CT molecular complexity index is 241. The number of esters is 1. The van der Waals surface area contributed by atoms with Crippen LogP contribution in [0.2, 0.25) is 0 Å². The first-order valence-electron chi connectivity index (χ1n) is 5.06.